The van der Waals surface area contributed by atoms with Crippen molar-refractivity contribution in [1.29, 1.82) is 0 Å². The van der Waals surface area contributed by atoms with Gasteiger partial charge in [0.05, 0.1) is 22.5 Å². The van der Waals surface area contributed by atoms with Crippen molar-refractivity contribution in [2.75, 3.05) is 13.2 Å². The highest BCUT2D eigenvalue weighted by Gasteiger charge is 2.11. The summed E-state index contributed by atoms with van der Waals surface area (Å²) in [4.78, 5) is 17.7. The largest absolute Gasteiger partial charge is 0.492 e. The molecular weight excluding hydrogens is 430 g/mol. The molecule has 4 aromatic rings. The summed E-state index contributed by atoms with van der Waals surface area (Å²) < 4.78 is 8.29. The molecule has 4 rings (SSSR count). The number of nitrogens with zero attached hydrogens (tertiary/aromatic N) is 2. The van der Waals surface area contributed by atoms with Crippen LogP contribution in [0, 0.1) is 0 Å². The van der Waals surface area contributed by atoms with Gasteiger partial charge in [0.1, 0.15) is 18.2 Å². The quantitative estimate of drug-likeness (QED) is 0.277. The van der Waals surface area contributed by atoms with Crippen molar-refractivity contribution in [1.82, 2.24) is 14.9 Å². The van der Waals surface area contributed by atoms with Crippen LogP contribution < -0.4 is 10.1 Å². The molecule has 0 aliphatic carbocycles. The van der Waals surface area contributed by atoms with E-state index in [2.05, 4.69) is 54.1 Å². The highest BCUT2D eigenvalue weighted by molar-refractivity contribution is 7.12. The molecule has 0 saturated carbocycles. The molecule has 0 radical (unpaired) electrons. The van der Waals surface area contributed by atoms with Crippen molar-refractivity contribution in [2.45, 2.75) is 45.6 Å². The van der Waals surface area contributed by atoms with Crippen molar-refractivity contribution in [3.8, 4) is 5.75 Å². The number of carbonyl (C=O) groups excluding carboxylic acids is 1. The summed E-state index contributed by atoms with van der Waals surface area (Å²) in [5, 5.41) is 4.92. The Labute approximate surface area is 199 Å². The van der Waals surface area contributed by atoms with Gasteiger partial charge in [-0.15, -0.1) is 11.3 Å². The molecule has 5 nitrogen and oxygen atoms in total. The first kappa shape index (κ1) is 23.1. The number of imidazole rings is 1. The summed E-state index contributed by atoms with van der Waals surface area (Å²) in [5.74, 6) is 2.47. The zero-order chi connectivity index (χ0) is 23.0. The van der Waals surface area contributed by atoms with E-state index in [1.165, 1.54) is 16.9 Å². The van der Waals surface area contributed by atoms with Crippen LogP contribution in [-0.4, -0.2) is 28.6 Å². The first-order valence-corrected chi connectivity index (χ1v) is 12.5. The van der Waals surface area contributed by atoms with Crippen molar-refractivity contribution < 1.29 is 9.53 Å². The molecule has 1 unspecified atom stereocenters. The second-order valence-corrected chi connectivity index (χ2v) is 9.18. The van der Waals surface area contributed by atoms with Gasteiger partial charge in [-0.25, -0.2) is 4.98 Å². The summed E-state index contributed by atoms with van der Waals surface area (Å²) in [6, 6.07) is 20.4. The van der Waals surface area contributed by atoms with Crippen LogP contribution in [0.4, 0.5) is 0 Å². The van der Waals surface area contributed by atoms with Crippen LogP contribution >= 0.6 is 11.3 Å². The van der Waals surface area contributed by atoms with Gasteiger partial charge < -0.3 is 14.6 Å². The number of para-hydroxylation sites is 2. The number of amides is 1. The third-order valence-electron chi connectivity index (χ3n) is 5.99. The molecule has 1 atom stereocenters. The number of nitrogens with one attached hydrogen (secondary N) is 1. The fourth-order valence-electron chi connectivity index (χ4n) is 3.89. The third-order valence-corrected chi connectivity index (χ3v) is 6.86. The van der Waals surface area contributed by atoms with Crippen molar-refractivity contribution in [2.24, 2.45) is 0 Å². The lowest BCUT2D eigenvalue weighted by molar-refractivity contribution is 0.0957. The van der Waals surface area contributed by atoms with E-state index in [-0.39, 0.29) is 5.91 Å². The Morgan fingerprint density at radius 1 is 1.12 bits per heavy atom. The van der Waals surface area contributed by atoms with Crippen LogP contribution in [0.25, 0.3) is 11.0 Å². The monoisotopic (exact) mass is 461 g/mol. The van der Waals surface area contributed by atoms with Crippen LogP contribution in [0.2, 0.25) is 0 Å². The van der Waals surface area contributed by atoms with Gasteiger partial charge >= 0.3 is 0 Å². The van der Waals surface area contributed by atoms with E-state index < -0.39 is 0 Å². The Bertz CT molecular complexity index is 1170. The number of rotatable bonds is 11. The van der Waals surface area contributed by atoms with Gasteiger partial charge in [0.15, 0.2) is 0 Å². The fourth-order valence-corrected chi connectivity index (χ4v) is 4.53. The SMILES string of the molecule is CCC(C)c1ccc(OCCn2c(CCCNC(=O)c3cccs3)nc3ccccc32)cc1. The Kier molecular flexibility index (Phi) is 7.79. The lowest BCUT2D eigenvalue weighted by Crippen LogP contribution is -2.24. The Morgan fingerprint density at radius 3 is 2.70 bits per heavy atom. The lowest BCUT2D eigenvalue weighted by atomic mass is 9.99. The number of aromatic nitrogens is 2. The highest BCUT2D eigenvalue weighted by Crippen LogP contribution is 2.22. The van der Waals surface area contributed by atoms with Crippen molar-refractivity contribution >= 4 is 28.3 Å². The molecule has 0 aliphatic heterocycles. The zero-order valence-electron chi connectivity index (χ0n) is 19.3. The summed E-state index contributed by atoms with van der Waals surface area (Å²) in [7, 11) is 0. The molecule has 2 aromatic carbocycles. The van der Waals surface area contributed by atoms with Crippen LogP contribution in [-0.2, 0) is 13.0 Å². The van der Waals surface area contributed by atoms with Crippen molar-refractivity contribution in [3.05, 3.63) is 82.3 Å². The van der Waals surface area contributed by atoms with E-state index in [0.717, 1.165) is 53.3 Å². The van der Waals surface area contributed by atoms with Gasteiger partial charge in [-0.1, -0.05) is 44.2 Å². The first-order valence-electron chi connectivity index (χ1n) is 11.6. The van der Waals surface area contributed by atoms with E-state index in [1.54, 1.807) is 0 Å². The molecule has 0 saturated heterocycles. The van der Waals surface area contributed by atoms with Crippen LogP contribution in [0.1, 0.15) is 53.7 Å². The maximum Gasteiger partial charge on any atom is 0.261 e. The molecular formula is C27H31N3O2S. The molecule has 172 valence electrons. The summed E-state index contributed by atoms with van der Waals surface area (Å²) in [6.45, 7) is 6.38. The van der Waals surface area contributed by atoms with E-state index in [4.69, 9.17) is 9.72 Å². The Morgan fingerprint density at radius 2 is 1.94 bits per heavy atom. The second kappa shape index (κ2) is 11.1. The van der Waals surface area contributed by atoms with Gasteiger partial charge in [0.2, 0.25) is 0 Å². The molecule has 0 aliphatic rings. The predicted octanol–water partition coefficient (Wildman–Crippen LogP) is 6.05. The predicted molar refractivity (Wildman–Crippen MR) is 135 cm³/mol. The highest BCUT2D eigenvalue weighted by atomic mass is 32.1. The number of benzene rings is 2. The molecule has 1 N–H and O–H groups in total. The summed E-state index contributed by atoms with van der Waals surface area (Å²) >= 11 is 1.46. The molecule has 33 heavy (non-hydrogen) atoms. The molecule has 2 aromatic heterocycles. The Balaban J connectivity index is 1.35. The second-order valence-electron chi connectivity index (χ2n) is 8.23. The minimum atomic E-state index is -0.00810. The van der Waals surface area contributed by atoms with Crippen LogP contribution in [0.3, 0.4) is 0 Å². The fraction of sp³-hybridized carbons (Fsp3) is 0.333. The summed E-state index contributed by atoms with van der Waals surface area (Å²) in [6.07, 6.45) is 2.76. The number of carbonyl (C=O) groups is 1. The van der Waals surface area contributed by atoms with Gasteiger partial charge in [-0.2, -0.15) is 0 Å². The number of aryl methyl sites for hydroxylation is 1. The van der Waals surface area contributed by atoms with E-state index in [0.29, 0.717) is 19.1 Å². The number of fused-ring (bicyclic) bond motifs is 1. The first-order chi connectivity index (χ1) is 16.2. The zero-order valence-corrected chi connectivity index (χ0v) is 20.1. The van der Waals surface area contributed by atoms with Crippen molar-refractivity contribution in [3.63, 3.8) is 0 Å². The standard InChI is InChI=1S/C27H31N3O2S/c1-3-20(2)21-12-14-22(15-13-21)32-18-17-30-24-9-5-4-8-23(24)29-26(30)11-6-16-28-27(31)25-10-7-19-33-25/h4-5,7-10,12-15,19-20H,3,6,11,16-18H2,1-2H3,(H,28,31). The van der Waals surface area contributed by atoms with Gasteiger partial charge in [0.25, 0.3) is 5.91 Å². The molecule has 6 heteroatoms. The van der Waals surface area contributed by atoms with Crippen LogP contribution in [0.15, 0.2) is 66.0 Å². The third kappa shape index (κ3) is 5.82. The number of thiophene rings is 1. The van der Waals surface area contributed by atoms with Gasteiger partial charge in [0, 0.05) is 13.0 Å². The molecule has 0 fully saturated rings. The number of hydrogen-bond acceptors (Lipinski definition) is 4. The molecule has 0 bridgehead atoms. The molecule has 1 amide bonds. The maximum absolute atomic E-state index is 12.1. The minimum Gasteiger partial charge on any atom is -0.492 e. The van der Waals surface area contributed by atoms with E-state index in [1.807, 2.05) is 35.7 Å². The normalized spacial score (nSPS) is 12.1. The van der Waals surface area contributed by atoms with Crippen LogP contribution in [0.5, 0.6) is 5.75 Å². The summed E-state index contributed by atoms with van der Waals surface area (Å²) in [5.41, 5.74) is 3.46. The van der Waals surface area contributed by atoms with E-state index >= 15 is 0 Å². The average molecular weight is 462 g/mol. The number of ether oxygens (including phenoxy) is 1. The number of hydrogen-bond donors (Lipinski definition) is 1. The van der Waals surface area contributed by atoms with Gasteiger partial charge in [-0.3, -0.25) is 4.79 Å². The topological polar surface area (TPSA) is 56.1 Å². The lowest BCUT2D eigenvalue weighted by Gasteiger charge is -2.13. The average Bonchev–Trinajstić information content (AvgIpc) is 3.50. The smallest absolute Gasteiger partial charge is 0.261 e. The molecule has 2 heterocycles. The molecule has 0 spiro atoms. The minimum absolute atomic E-state index is 0.00810. The Hall–Kier alpha value is -3.12. The van der Waals surface area contributed by atoms with Gasteiger partial charge in [-0.05, 0) is 60.0 Å². The maximum atomic E-state index is 12.1. The van der Waals surface area contributed by atoms with E-state index in [9.17, 15) is 4.79 Å².